The van der Waals surface area contributed by atoms with Crippen molar-refractivity contribution in [2.45, 2.75) is 19.8 Å². The number of carbonyl (C=O) groups excluding carboxylic acids is 1. The van der Waals surface area contributed by atoms with Crippen LogP contribution in [0.1, 0.15) is 30.1 Å². The highest BCUT2D eigenvalue weighted by Gasteiger charge is 2.27. The Labute approximate surface area is 165 Å². The fraction of sp³-hybridized carbons (Fsp3) is 0.333. The second-order valence-corrected chi connectivity index (χ2v) is 6.80. The molecular weight excluding hydrogens is 354 g/mol. The van der Waals surface area contributed by atoms with Gasteiger partial charge in [-0.15, -0.1) is 0 Å². The zero-order valence-corrected chi connectivity index (χ0v) is 16.1. The van der Waals surface area contributed by atoms with Crippen molar-refractivity contribution in [1.29, 1.82) is 0 Å². The van der Waals surface area contributed by atoms with Crippen molar-refractivity contribution >= 4 is 11.8 Å². The maximum absolute atomic E-state index is 13.2. The standard InChI is InChI=1S/C21H25N5O2/c1-4-20(24-16(2)3)28-15-17-8-7-13-25(14-17)21(27)18-9-5-6-10-19(18)26-22-11-12-23-26/h4-6,9-12,17H,1-2,7-8,13-15H2,3H3. The molecule has 2 heterocycles. The molecule has 1 aliphatic heterocycles. The van der Waals surface area contributed by atoms with Crippen LogP contribution in [-0.4, -0.2) is 51.4 Å². The normalized spacial score (nSPS) is 17.2. The van der Waals surface area contributed by atoms with E-state index in [0.29, 0.717) is 36.0 Å². The molecule has 3 rings (SSSR count). The summed E-state index contributed by atoms with van der Waals surface area (Å²) in [5, 5.41) is 8.31. The smallest absolute Gasteiger partial charge is 0.256 e. The number of piperidine rings is 1. The van der Waals surface area contributed by atoms with Gasteiger partial charge in [-0.2, -0.15) is 15.0 Å². The van der Waals surface area contributed by atoms with E-state index in [1.54, 1.807) is 25.4 Å². The summed E-state index contributed by atoms with van der Waals surface area (Å²) in [5.74, 6) is 0.686. The Morgan fingerprint density at radius 2 is 2.11 bits per heavy atom. The molecule has 0 N–H and O–H groups in total. The third-order valence-electron chi connectivity index (χ3n) is 4.52. The SMILES string of the molecule is C=CC(=NC(=C)C)OCC1CCCN(C(=O)c2ccccc2-n2nccn2)C1. The molecule has 0 aliphatic carbocycles. The zero-order chi connectivity index (χ0) is 19.9. The number of allylic oxidation sites excluding steroid dienone is 1. The number of nitrogens with zero attached hydrogens (tertiary/aromatic N) is 5. The van der Waals surface area contributed by atoms with Gasteiger partial charge in [-0.1, -0.05) is 25.3 Å². The second-order valence-electron chi connectivity index (χ2n) is 6.80. The quantitative estimate of drug-likeness (QED) is 0.570. The number of aromatic nitrogens is 3. The topological polar surface area (TPSA) is 72.6 Å². The highest BCUT2D eigenvalue weighted by molar-refractivity contribution is 5.97. The summed E-state index contributed by atoms with van der Waals surface area (Å²) >= 11 is 0. The molecular formula is C21H25N5O2. The van der Waals surface area contributed by atoms with Crippen molar-refractivity contribution in [2.24, 2.45) is 10.9 Å². The van der Waals surface area contributed by atoms with E-state index >= 15 is 0 Å². The van der Waals surface area contributed by atoms with Crippen LogP contribution in [-0.2, 0) is 4.74 Å². The minimum absolute atomic E-state index is 0.0165. The summed E-state index contributed by atoms with van der Waals surface area (Å²) in [4.78, 5) is 20.7. The van der Waals surface area contributed by atoms with Crippen LogP contribution in [0, 0.1) is 5.92 Å². The number of carbonyl (C=O) groups is 1. The first-order valence-electron chi connectivity index (χ1n) is 9.33. The number of para-hydroxylation sites is 1. The van der Waals surface area contributed by atoms with Gasteiger partial charge in [0.15, 0.2) is 0 Å². The molecule has 0 saturated carbocycles. The number of hydrogen-bond acceptors (Lipinski definition) is 5. The van der Waals surface area contributed by atoms with Crippen molar-refractivity contribution in [3.05, 3.63) is 67.2 Å². The van der Waals surface area contributed by atoms with E-state index in [0.717, 1.165) is 19.4 Å². The Morgan fingerprint density at radius 1 is 1.36 bits per heavy atom. The molecule has 146 valence electrons. The van der Waals surface area contributed by atoms with E-state index in [1.165, 1.54) is 4.80 Å². The van der Waals surface area contributed by atoms with Crippen molar-refractivity contribution in [3.63, 3.8) is 0 Å². The van der Waals surface area contributed by atoms with Crippen LogP contribution >= 0.6 is 0 Å². The Hall–Kier alpha value is -3.22. The van der Waals surface area contributed by atoms with Crippen LogP contribution in [0.3, 0.4) is 0 Å². The lowest BCUT2D eigenvalue weighted by molar-refractivity contribution is 0.0628. The summed E-state index contributed by atoms with van der Waals surface area (Å²) < 4.78 is 5.77. The predicted molar refractivity (Wildman–Crippen MR) is 108 cm³/mol. The number of ether oxygens (including phenoxy) is 1. The van der Waals surface area contributed by atoms with Gasteiger partial charge in [-0.25, -0.2) is 4.99 Å². The molecule has 0 bridgehead atoms. The third-order valence-corrected chi connectivity index (χ3v) is 4.52. The van der Waals surface area contributed by atoms with Gasteiger partial charge in [0.05, 0.1) is 30.3 Å². The molecule has 7 heteroatoms. The van der Waals surface area contributed by atoms with Gasteiger partial charge < -0.3 is 9.64 Å². The minimum atomic E-state index is -0.0165. The number of benzene rings is 1. The maximum atomic E-state index is 13.2. The van der Waals surface area contributed by atoms with Crippen LogP contribution < -0.4 is 0 Å². The first-order chi connectivity index (χ1) is 13.6. The number of aliphatic imine (C=N–C) groups is 1. The molecule has 28 heavy (non-hydrogen) atoms. The molecule has 1 aromatic heterocycles. The fourth-order valence-electron chi connectivity index (χ4n) is 3.25. The lowest BCUT2D eigenvalue weighted by Crippen LogP contribution is -2.41. The van der Waals surface area contributed by atoms with Gasteiger partial charge in [-0.05, 0) is 38.0 Å². The van der Waals surface area contributed by atoms with E-state index in [2.05, 4.69) is 28.3 Å². The zero-order valence-electron chi connectivity index (χ0n) is 16.1. The van der Waals surface area contributed by atoms with E-state index in [4.69, 9.17) is 4.74 Å². The second kappa shape index (κ2) is 9.12. The number of amides is 1. The van der Waals surface area contributed by atoms with Crippen molar-refractivity contribution < 1.29 is 9.53 Å². The molecule has 2 aromatic rings. The summed E-state index contributed by atoms with van der Waals surface area (Å²) in [7, 11) is 0. The summed E-state index contributed by atoms with van der Waals surface area (Å²) in [6, 6.07) is 7.40. The number of likely N-dealkylation sites (tertiary alicyclic amines) is 1. The Morgan fingerprint density at radius 3 is 2.82 bits per heavy atom. The third kappa shape index (κ3) is 4.73. The van der Waals surface area contributed by atoms with Gasteiger partial charge in [0.1, 0.15) is 0 Å². The van der Waals surface area contributed by atoms with Gasteiger partial charge in [0, 0.05) is 24.7 Å². The summed E-state index contributed by atoms with van der Waals surface area (Å²) in [5.41, 5.74) is 1.94. The first-order valence-corrected chi connectivity index (χ1v) is 9.33. The lowest BCUT2D eigenvalue weighted by Gasteiger charge is -2.33. The molecule has 1 aliphatic rings. The van der Waals surface area contributed by atoms with E-state index in [1.807, 2.05) is 29.2 Å². The molecule has 0 radical (unpaired) electrons. The molecule has 0 spiro atoms. The highest BCUT2D eigenvalue weighted by atomic mass is 16.5. The molecule has 7 nitrogen and oxygen atoms in total. The van der Waals surface area contributed by atoms with Crippen LogP contribution in [0.5, 0.6) is 0 Å². The van der Waals surface area contributed by atoms with Gasteiger partial charge in [0.2, 0.25) is 5.90 Å². The van der Waals surface area contributed by atoms with Gasteiger partial charge >= 0.3 is 0 Å². The van der Waals surface area contributed by atoms with E-state index in [9.17, 15) is 4.79 Å². The van der Waals surface area contributed by atoms with Crippen LogP contribution in [0.2, 0.25) is 0 Å². The van der Waals surface area contributed by atoms with E-state index in [-0.39, 0.29) is 11.8 Å². The van der Waals surface area contributed by atoms with Crippen molar-refractivity contribution in [2.75, 3.05) is 19.7 Å². The monoisotopic (exact) mass is 379 g/mol. The van der Waals surface area contributed by atoms with Crippen molar-refractivity contribution in [1.82, 2.24) is 19.9 Å². The molecule has 1 unspecified atom stereocenters. The van der Waals surface area contributed by atoms with Crippen LogP contribution in [0.25, 0.3) is 5.69 Å². The largest absolute Gasteiger partial charge is 0.477 e. The fourth-order valence-corrected chi connectivity index (χ4v) is 3.25. The summed E-state index contributed by atoms with van der Waals surface area (Å²) in [6.07, 6.45) is 6.71. The highest BCUT2D eigenvalue weighted by Crippen LogP contribution is 2.21. The molecule has 1 amide bonds. The van der Waals surface area contributed by atoms with E-state index < -0.39 is 0 Å². The molecule has 1 aromatic carbocycles. The Kier molecular flexibility index (Phi) is 6.37. The Bertz CT molecular complexity index is 873. The average molecular weight is 379 g/mol. The van der Waals surface area contributed by atoms with Crippen LogP contribution in [0.15, 0.2) is 66.6 Å². The predicted octanol–water partition coefficient (Wildman–Crippen LogP) is 3.25. The van der Waals surface area contributed by atoms with Crippen molar-refractivity contribution in [3.8, 4) is 5.69 Å². The maximum Gasteiger partial charge on any atom is 0.256 e. The first kappa shape index (κ1) is 19.5. The lowest BCUT2D eigenvalue weighted by atomic mass is 9.98. The molecule has 1 fully saturated rings. The van der Waals surface area contributed by atoms with Gasteiger partial charge in [-0.3, -0.25) is 4.79 Å². The average Bonchev–Trinajstić information content (AvgIpc) is 3.25. The molecule has 1 saturated heterocycles. The Balaban J connectivity index is 1.69. The number of hydrogen-bond donors (Lipinski definition) is 0. The molecule has 1 atom stereocenters. The number of rotatable bonds is 6. The van der Waals surface area contributed by atoms with Gasteiger partial charge in [0.25, 0.3) is 5.91 Å². The van der Waals surface area contributed by atoms with Crippen LogP contribution in [0.4, 0.5) is 0 Å². The minimum Gasteiger partial charge on any atom is -0.477 e. The summed E-state index contributed by atoms with van der Waals surface area (Å²) in [6.45, 7) is 11.1.